The number of halogens is 1. The third kappa shape index (κ3) is 2.24. The van der Waals surface area contributed by atoms with Crippen LogP contribution in [0.25, 0.3) is 0 Å². The SMILES string of the molecule is O=C1CN(c2cc(Cl)ccc2CO)c2ccccc2N1. The van der Waals surface area contributed by atoms with Gasteiger partial charge in [0.15, 0.2) is 0 Å². The van der Waals surface area contributed by atoms with Gasteiger partial charge < -0.3 is 15.3 Å². The van der Waals surface area contributed by atoms with E-state index < -0.39 is 0 Å². The van der Waals surface area contributed by atoms with E-state index in [1.54, 1.807) is 18.2 Å². The average Bonchev–Trinajstić information content (AvgIpc) is 2.46. The highest BCUT2D eigenvalue weighted by atomic mass is 35.5. The molecule has 0 bridgehead atoms. The van der Waals surface area contributed by atoms with Crippen molar-refractivity contribution < 1.29 is 9.90 Å². The molecule has 2 N–H and O–H groups in total. The Morgan fingerprint density at radius 1 is 1.20 bits per heavy atom. The fourth-order valence-corrected chi connectivity index (χ4v) is 2.54. The molecule has 1 aliphatic rings. The van der Waals surface area contributed by atoms with Gasteiger partial charge in [-0.25, -0.2) is 0 Å². The van der Waals surface area contributed by atoms with Gasteiger partial charge in [0.1, 0.15) is 6.54 Å². The molecule has 1 heterocycles. The highest BCUT2D eigenvalue weighted by Crippen LogP contribution is 2.37. The van der Waals surface area contributed by atoms with Gasteiger partial charge in [-0.3, -0.25) is 4.79 Å². The highest BCUT2D eigenvalue weighted by molar-refractivity contribution is 6.31. The number of rotatable bonds is 2. The number of para-hydroxylation sites is 2. The van der Waals surface area contributed by atoms with Crippen LogP contribution < -0.4 is 10.2 Å². The summed E-state index contributed by atoms with van der Waals surface area (Å²) >= 11 is 6.05. The van der Waals surface area contributed by atoms with Crippen LogP contribution in [0.1, 0.15) is 5.56 Å². The predicted molar refractivity (Wildman–Crippen MR) is 79.5 cm³/mol. The molecule has 102 valence electrons. The van der Waals surface area contributed by atoms with E-state index in [0.717, 1.165) is 22.6 Å². The normalized spacial score (nSPS) is 13.9. The van der Waals surface area contributed by atoms with E-state index in [2.05, 4.69) is 5.32 Å². The Hall–Kier alpha value is -2.04. The summed E-state index contributed by atoms with van der Waals surface area (Å²) in [6.45, 7) is 0.0944. The van der Waals surface area contributed by atoms with Crippen molar-refractivity contribution in [1.29, 1.82) is 0 Å². The van der Waals surface area contributed by atoms with Gasteiger partial charge in [-0.1, -0.05) is 29.8 Å². The molecule has 0 aromatic heterocycles. The molecular weight excluding hydrogens is 276 g/mol. The third-order valence-electron chi connectivity index (χ3n) is 3.28. The molecule has 0 saturated heterocycles. The van der Waals surface area contributed by atoms with Crippen LogP contribution >= 0.6 is 11.6 Å². The van der Waals surface area contributed by atoms with Gasteiger partial charge in [0, 0.05) is 16.3 Å². The topological polar surface area (TPSA) is 52.6 Å². The van der Waals surface area contributed by atoms with E-state index in [9.17, 15) is 9.90 Å². The van der Waals surface area contributed by atoms with Crippen molar-refractivity contribution in [3.63, 3.8) is 0 Å². The summed E-state index contributed by atoms with van der Waals surface area (Å²) in [6.07, 6.45) is 0. The standard InChI is InChI=1S/C15H13ClN2O2/c16-11-6-5-10(9-19)14(7-11)18-8-15(20)17-12-3-1-2-4-13(12)18/h1-7,19H,8-9H2,(H,17,20). The Bertz CT molecular complexity index is 673. The van der Waals surface area contributed by atoms with Crippen molar-refractivity contribution in [3.05, 3.63) is 53.1 Å². The predicted octanol–water partition coefficient (Wildman–Crippen LogP) is 2.92. The lowest BCUT2D eigenvalue weighted by molar-refractivity contribution is -0.115. The van der Waals surface area contributed by atoms with Crippen LogP contribution in [-0.2, 0) is 11.4 Å². The maximum absolute atomic E-state index is 11.8. The minimum Gasteiger partial charge on any atom is -0.392 e. The van der Waals surface area contributed by atoms with Crippen molar-refractivity contribution >= 4 is 34.6 Å². The van der Waals surface area contributed by atoms with Crippen LogP contribution in [0.3, 0.4) is 0 Å². The summed E-state index contributed by atoms with van der Waals surface area (Å²) in [6, 6.07) is 12.8. The first-order valence-electron chi connectivity index (χ1n) is 6.25. The number of hydrogen-bond acceptors (Lipinski definition) is 3. The third-order valence-corrected chi connectivity index (χ3v) is 3.51. The summed E-state index contributed by atoms with van der Waals surface area (Å²) in [5.74, 6) is -0.0902. The van der Waals surface area contributed by atoms with Gasteiger partial charge in [0.05, 0.1) is 18.0 Å². The van der Waals surface area contributed by atoms with Gasteiger partial charge in [-0.2, -0.15) is 0 Å². The first-order chi connectivity index (χ1) is 9.69. The van der Waals surface area contributed by atoms with Crippen molar-refractivity contribution in [2.24, 2.45) is 0 Å². The first-order valence-corrected chi connectivity index (χ1v) is 6.62. The van der Waals surface area contributed by atoms with Crippen molar-refractivity contribution in [1.82, 2.24) is 0 Å². The molecule has 0 fully saturated rings. The lowest BCUT2D eigenvalue weighted by Crippen LogP contribution is -2.35. The Morgan fingerprint density at radius 2 is 2.00 bits per heavy atom. The van der Waals surface area contributed by atoms with E-state index in [1.807, 2.05) is 29.2 Å². The molecule has 20 heavy (non-hydrogen) atoms. The Morgan fingerprint density at radius 3 is 2.80 bits per heavy atom. The minimum atomic E-state index is -0.104. The fourth-order valence-electron chi connectivity index (χ4n) is 2.37. The minimum absolute atomic E-state index is 0.0902. The van der Waals surface area contributed by atoms with Crippen molar-refractivity contribution in [2.45, 2.75) is 6.61 Å². The second-order valence-corrected chi connectivity index (χ2v) is 5.02. The average molecular weight is 289 g/mol. The monoisotopic (exact) mass is 288 g/mol. The number of nitrogens with zero attached hydrogens (tertiary/aromatic N) is 1. The molecule has 0 radical (unpaired) electrons. The second kappa shape index (κ2) is 5.15. The molecule has 0 spiro atoms. The summed E-state index contributed by atoms with van der Waals surface area (Å²) in [7, 11) is 0. The first kappa shape index (κ1) is 13.0. The number of aliphatic hydroxyl groups is 1. The van der Waals surface area contributed by atoms with Gasteiger partial charge in [0.2, 0.25) is 5.91 Å². The molecule has 2 aromatic rings. The number of nitrogens with one attached hydrogen (secondary N) is 1. The Balaban J connectivity index is 2.15. The lowest BCUT2D eigenvalue weighted by Gasteiger charge is -2.32. The number of carbonyl (C=O) groups excluding carboxylic acids is 1. The zero-order chi connectivity index (χ0) is 14.1. The second-order valence-electron chi connectivity index (χ2n) is 4.58. The van der Waals surface area contributed by atoms with Crippen molar-refractivity contribution in [2.75, 3.05) is 16.8 Å². The van der Waals surface area contributed by atoms with E-state index in [4.69, 9.17) is 11.6 Å². The molecule has 0 atom stereocenters. The lowest BCUT2D eigenvalue weighted by atomic mass is 10.1. The maximum Gasteiger partial charge on any atom is 0.244 e. The summed E-state index contributed by atoms with van der Waals surface area (Å²) in [5.41, 5.74) is 3.14. The molecule has 4 nitrogen and oxygen atoms in total. The number of carbonyl (C=O) groups is 1. The number of anilines is 3. The van der Waals surface area contributed by atoms with E-state index >= 15 is 0 Å². The summed E-state index contributed by atoms with van der Waals surface area (Å²) in [5, 5.41) is 12.9. The summed E-state index contributed by atoms with van der Waals surface area (Å²) in [4.78, 5) is 13.7. The van der Waals surface area contributed by atoms with E-state index in [1.165, 1.54) is 0 Å². The Kier molecular flexibility index (Phi) is 3.34. The van der Waals surface area contributed by atoms with Crippen LogP contribution in [0.2, 0.25) is 5.02 Å². The van der Waals surface area contributed by atoms with E-state index in [-0.39, 0.29) is 19.1 Å². The Labute approximate surface area is 121 Å². The molecule has 5 heteroatoms. The van der Waals surface area contributed by atoms with Crippen LogP contribution in [0, 0.1) is 0 Å². The molecule has 1 aliphatic heterocycles. The molecule has 0 saturated carbocycles. The molecule has 2 aromatic carbocycles. The summed E-state index contributed by atoms with van der Waals surface area (Å²) < 4.78 is 0. The van der Waals surface area contributed by atoms with Crippen LogP contribution in [-0.4, -0.2) is 17.6 Å². The van der Waals surface area contributed by atoms with Crippen LogP contribution in [0.4, 0.5) is 17.1 Å². The smallest absolute Gasteiger partial charge is 0.244 e. The molecule has 1 amide bonds. The largest absolute Gasteiger partial charge is 0.392 e. The number of hydrogen-bond donors (Lipinski definition) is 2. The fraction of sp³-hybridized carbons (Fsp3) is 0.133. The van der Waals surface area contributed by atoms with Gasteiger partial charge in [-0.05, 0) is 24.3 Å². The van der Waals surface area contributed by atoms with Gasteiger partial charge in [0.25, 0.3) is 0 Å². The molecule has 3 rings (SSSR count). The van der Waals surface area contributed by atoms with Gasteiger partial charge >= 0.3 is 0 Å². The van der Waals surface area contributed by atoms with Crippen LogP contribution in [0.15, 0.2) is 42.5 Å². The number of aliphatic hydroxyl groups excluding tert-OH is 1. The van der Waals surface area contributed by atoms with E-state index in [0.29, 0.717) is 5.02 Å². The molecule has 0 aliphatic carbocycles. The van der Waals surface area contributed by atoms with Gasteiger partial charge in [-0.15, -0.1) is 0 Å². The zero-order valence-electron chi connectivity index (χ0n) is 10.6. The maximum atomic E-state index is 11.8. The molecular formula is C15H13ClN2O2. The quantitative estimate of drug-likeness (QED) is 0.893. The highest BCUT2D eigenvalue weighted by Gasteiger charge is 2.24. The number of fused-ring (bicyclic) bond motifs is 1. The molecule has 0 unspecified atom stereocenters. The van der Waals surface area contributed by atoms with Crippen LogP contribution in [0.5, 0.6) is 0 Å². The van der Waals surface area contributed by atoms with Crippen molar-refractivity contribution in [3.8, 4) is 0 Å². The zero-order valence-corrected chi connectivity index (χ0v) is 11.4. The number of amides is 1. The number of benzene rings is 2.